The summed E-state index contributed by atoms with van der Waals surface area (Å²) in [6, 6.07) is -0.822. The zero-order valence-electron chi connectivity index (χ0n) is 38.7. The maximum atomic E-state index is 13.0. The van der Waals surface area contributed by atoms with E-state index in [1.807, 2.05) is 6.08 Å². The molecule has 1 heterocycles. The normalized spacial score (nSPS) is 20.8. The number of carbonyl (C=O) groups is 1. The Bertz CT molecular complexity index is 1030. The second-order valence-corrected chi connectivity index (χ2v) is 17.6. The summed E-state index contributed by atoms with van der Waals surface area (Å²) in [7, 11) is 0. The maximum absolute atomic E-state index is 13.0. The van der Waals surface area contributed by atoms with Crippen LogP contribution < -0.4 is 5.32 Å². The second-order valence-electron chi connectivity index (χ2n) is 17.6. The molecule has 1 amide bonds. The summed E-state index contributed by atoms with van der Waals surface area (Å²) < 4.78 is 11.2. The number of rotatable bonds is 42. The zero-order valence-corrected chi connectivity index (χ0v) is 38.7. The largest absolute Gasteiger partial charge is 0.394 e. The molecule has 0 aromatic carbocycles. The number of aliphatic hydroxyl groups excluding tert-OH is 5. The van der Waals surface area contributed by atoms with Crippen molar-refractivity contribution >= 4 is 5.91 Å². The van der Waals surface area contributed by atoms with Gasteiger partial charge in [-0.3, -0.25) is 4.79 Å². The molecule has 1 rings (SSSR count). The smallest absolute Gasteiger partial charge is 0.220 e. The lowest BCUT2D eigenvalue weighted by Crippen LogP contribution is -2.60. The van der Waals surface area contributed by atoms with E-state index in [0.29, 0.717) is 6.42 Å². The lowest BCUT2D eigenvalue weighted by Gasteiger charge is -2.40. The van der Waals surface area contributed by atoms with E-state index in [1.165, 1.54) is 154 Å². The highest BCUT2D eigenvalue weighted by Gasteiger charge is 2.44. The summed E-state index contributed by atoms with van der Waals surface area (Å²) in [5, 5.41) is 54.3. The van der Waals surface area contributed by atoms with Crippen LogP contribution in [0, 0.1) is 0 Å². The van der Waals surface area contributed by atoms with Crippen LogP contribution in [0.4, 0.5) is 0 Å². The Balaban J connectivity index is 2.34. The van der Waals surface area contributed by atoms with E-state index < -0.39 is 49.5 Å². The molecule has 0 aromatic rings. The monoisotopic (exact) mass is 850 g/mol. The second kappa shape index (κ2) is 41.4. The van der Waals surface area contributed by atoms with E-state index >= 15 is 0 Å². The molecule has 9 nitrogen and oxygen atoms in total. The van der Waals surface area contributed by atoms with Crippen LogP contribution in [0.2, 0.25) is 0 Å². The Hall–Kier alpha value is -1.59. The van der Waals surface area contributed by atoms with Gasteiger partial charge in [0.2, 0.25) is 5.91 Å². The van der Waals surface area contributed by atoms with Crippen molar-refractivity contribution in [3.63, 3.8) is 0 Å². The molecule has 6 N–H and O–H groups in total. The van der Waals surface area contributed by atoms with Crippen LogP contribution in [0.1, 0.15) is 226 Å². The first-order valence-corrected chi connectivity index (χ1v) is 25.2. The number of hydrogen-bond donors (Lipinski definition) is 6. The van der Waals surface area contributed by atoms with Crippen LogP contribution >= 0.6 is 0 Å². The number of nitrogens with one attached hydrogen (secondary N) is 1. The standard InChI is InChI=1S/C51H95NO8/c1-3-5-7-9-11-13-15-17-19-21-23-25-27-29-31-33-35-37-39-41-47(55)52-44(43-59-51-50(58)49(57)48(56)46(42-53)60-51)45(54)40-38-36-34-32-30-28-26-24-22-20-18-16-14-12-10-8-6-4-2/h21,23,30,32,38,40,44-46,48-51,53-54,56-58H,3-20,22,24-29,31,33-37,39,41-43H2,1-2H3,(H,52,55)/b23-21-,32-30+,40-38+. The molecule has 7 unspecified atom stereocenters. The molecular formula is C51H95NO8. The van der Waals surface area contributed by atoms with E-state index in [1.54, 1.807) is 6.08 Å². The van der Waals surface area contributed by atoms with E-state index in [2.05, 4.69) is 43.5 Å². The van der Waals surface area contributed by atoms with Crippen molar-refractivity contribution in [1.29, 1.82) is 0 Å². The average Bonchev–Trinajstić information content (AvgIpc) is 3.25. The van der Waals surface area contributed by atoms with Crippen LogP contribution in [0.15, 0.2) is 36.5 Å². The number of amides is 1. The van der Waals surface area contributed by atoms with Crippen molar-refractivity contribution < 1.29 is 39.8 Å². The van der Waals surface area contributed by atoms with Gasteiger partial charge in [-0.05, 0) is 57.8 Å². The van der Waals surface area contributed by atoms with E-state index in [0.717, 1.165) is 51.4 Å². The van der Waals surface area contributed by atoms with Gasteiger partial charge in [0.15, 0.2) is 6.29 Å². The molecule has 1 aliphatic rings. The topological polar surface area (TPSA) is 149 Å². The Morgan fingerprint density at radius 1 is 0.550 bits per heavy atom. The van der Waals surface area contributed by atoms with E-state index in [9.17, 15) is 30.3 Å². The van der Waals surface area contributed by atoms with Gasteiger partial charge in [-0.25, -0.2) is 0 Å². The predicted octanol–water partition coefficient (Wildman–Crippen LogP) is 11.2. The Morgan fingerprint density at radius 2 is 0.950 bits per heavy atom. The maximum Gasteiger partial charge on any atom is 0.220 e. The molecule has 0 bridgehead atoms. The minimum atomic E-state index is -1.57. The number of allylic oxidation sites excluding steroid dienone is 5. The molecular weight excluding hydrogens is 755 g/mol. The minimum absolute atomic E-state index is 0.190. The van der Waals surface area contributed by atoms with Gasteiger partial charge in [0, 0.05) is 6.42 Å². The van der Waals surface area contributed by atoms with Crippen LogP contribution in [0.5, 0.6) is 0 Å². The van der Waals surface area contributed by atoms with Crippen molar-refractivity contribution in [3.05, 3.63) is 36.5 Å². The Kier molecular flexibility index (Phi) is 39.0. The molecule has 1 fully saturated rings. The minimum Gasteiger partial charge on any atom is -0.394 e. The first kappa shape index (κ1) is 56.4. The fourth-order valence-corrected chi connectivity index (χ4v) is 7.87. The van der Waals surface area contributed by atoms with Crippen molar-refractivity contribution in [2.24, 2.45) is 0 Å². The summed E-state index contributed by atoms with van der Waals surface area (Å²) >= 11 is 0. The third-order valence-electron chi connectivity index (χ3n) is 11.9. The third kappa shape index (κ3) is 31.3. The number of hydrogen-bond acceptors (Lipinski definition) is 8. The van der Waals surface area contributed by atoms with Gasteiger partial charge in [-0.15, -0.1) is 0 Å². The zero-order chi connectivity index (χ0) is 43.7. The van der Waals surface area contributed by atoms with Crippen molar-refractivity contribution in [3.8, 4) is 0 Å². The molecule has 60 heavy (non-hydrogen) atoms. The number of aliphatic hydroxyl groups is 5. The molecule has 1 aliphatic heterocycles. The van der Waals surface area contributed by atoms with Crippen LogP contribution in [0.25, 0.3) is 0 Å². The first-order valence-electron chi connectivity index (χ1n) is 25.2. The Morgan fingerprint density at radius 3 is 1.40 bits per heavy atom. The van der Waals surface area contributed by atoms with Crippen molar-refractivity contribution in [2.45, 2.75) is 269 Å². The quantitative estimate of drug-likeness (QED) is 0.0263. The predicted molar refractivity (Wildman–Crippen MR) is 249 cm³/mol. The SMILES string of the molecule is CCCCCCCCCC/C=C\CCCCCCCCCC(=O)NC(COC1OC(CO)C(O)C(O)C1O)C(O)/C=C/CC/C=C/CCCCCCCCCCCCCC. The van der Waals surface area contributed by atoms with Crippen LogP contribution in [0.3, 0.4) is 0 Å². The highest BCUT2D eigenvalue weighted by molar-refractivity contribution is 5.76. The fourth-order valence-electron chi connectivity index (χ4n) is 7.87. The van der Waals surface area contributed by atoms with Gasteiger partial charge in [0.1, 0.15) is 24.4 Å². The molecule has 0 saturated carbocycles. The molecule has 352 valence electrons. The highest BCUT2D eigenvalue weighted by atomic mass is 16.7. The van der Waals surface area contributed by atoms with Crippen molar-refractivity contribution in [2.75, 3.05) is 13.2 Å². The third-order valence-corrected chi connectivity index (χ3v) is 11.9. The number of ether oxygens (including phenoxy) is 2. The Labute approximate surface area is 368 Å². The molecule has 0 aromatic heterocycles. The molecule has 9 heteroatoms. The van der Waals surface area contributed by atoms with Gasteiger partial charge in [-0.1, -0.05) is 198 Å². The summed E-state index contributed by atoms with van der Waals surface area (Å²) in [5.41, 5.74) is 0. The number of carbonyl (C=O) groups excluding carboxylic acids is 1. The lowest BCUT2D eigenvalue weighted by atomic mass is 9.99. The van der Waals surface area contributed by atoms with E-state index in [-0.39, 0.29) is 12.5 Å². The molecule has 0 aliphatic carbocycles. The summed E-state index contributed by atoms with van der Waals surface area (Å²) in [6.45, 7) is 3.77. The van der Waals surface area contributed by atoms with Crippen LogP contribution in [-0.2, 0) is 14.3 Å². The molecule has 1 saturated heterocycles. The van der Waals surface area contributed by atoms with Crippen molar-refractivity contribution in [1.82, 2.24) is 5.32 Å². The van der Waals surface area contributed by atoms with Gasteiger partial charge in [0.05, 0.1) is 25.4 Å². The molecule has 7 atom stereocenters. The van der Waals surface area contributed by atoms with Gasteiger partial charge in [0.25, 0.3) is 0 Å². The van der Waals surface area contributed by atoms with Gasteiger partial charge >= 0.3 is 0 Å². The van der Waals surface area contributed by atoms with Gasteiger partial charge in [-0.2, -0.15) is 0 Å². The fraction of sp³-hybridized carbons (Fsp3) is 0.863. The summed E-state index contributed by atoms with van der Waals surface area (Å²) in [6.07, 6.45) is 44.8. The number of unbranched alkanes of at least 4 members (excludes halogenated alkanes) is 28. The lowest BCUT2D eigenvalue weighted by molar-refractivity contribution is -0.302. The average molecular weight is 850 g/mol. The summed E-state index contributed by atoms with van der Waals surface area (Å²) in [5.74, 6) is -0.190. The first-order chi connectivity index (χ1) is 29.3. The molecule has 0 radical (unpaired) electrons. The van der Waals surface area contributed by atoms with E-state index in [4.69, 9.17) is 9.47 Å². The van der Waals surface area contributed by atoms with Gasteiger partial charge < -0.3 is 40.3 Å². The van der Waals surface area contributed by atoms with Crippen LogP contribution in [-0.4, -0.2) is 87.5 Å². The summed E-state index contributed by atoms with van der Waals surface area (Å²) in [4.78, 5) is 13.0. The highest BCUT2D eigenvalue weighted by Crippen LogP contribution is 2.23. The molecule has 0 spiro atoms.